The second kappa shape index (κ2) is 6.63. The van der Waals surface area contributed by atoms with Crippen molar-refractivity contribution in [2.75, 3.05) is 7.05 Å². The first kappa shape index (κ1) is 15.4. The highest BCUT2D eigenvalue weighted by Crippen LogP contribution is 2.19. The second-order valence-electron chi connectivity index (χ2n) is 4.89. The van der Waals surface area contributed by atoms with Crippen LogP contribution in [0.15, 0.2) is 30.5 Å². The summed E-state index contributed by atoms with van der Waals surface area (Å²) in [4.78, 5) is 30.7. The van der Waals surface area contributed by atoms with E-state index >= 15 is 0 Å². The maximum absolute atomic E-state index is 12.3. The molecule has 0 atom stereocenters. The molecule has 0 saturated carbocycles. The Morgan fingerprint density at radius 1 is 1.19 bits per heavy atom. The summed E-state index contributed by atoms with van der Waals surface area (Å²) < 4.78 is 0. The van der Waals surface area contributed by atoms with Gasteiger partial charge in [-0.1, -0.05) is 13.0 Å². The van der Waals surface area contributed by atoms with E-state index in [2.05, 4.69) is 11.9 Å². The van der Waals surface area contributed by atoms with Crippen LogP contribution in [0, 0.1) is 0 Å². The Balaban J connectivity index is 2.05. The molecule has 2 heterocycles. The summed E-state index contributed by atoms with van der Waals surface area (Å²) in [6.07, 6.45) is 2.79. The summed E-state index contributed by atoms with van der Waals surface area (Å²) in [7, 11) is 1.74. The lowest BCUT2D eigenvalue weighted by molar-refractivity contribution is 0.0788. The Kier molecular flexibility index (Phi) is 4.85. The molecule has 2 aromatic rings. The minimum atomic E-state index is -0.0890. The molecule has 0 aromatic carbocycles. The molecule has 0 N–H and O–H groups in total. The average molecular weight is 302 g/mol. The zero-order valence-corrected chi connectivity index (χ0v) is 13.2. The lowest BCUT2D eigenvalue weighted by atomic mass is 10.2. The number of Topliss-reactive ketones (excluding diaryl/α,β-unsaturated/α-hetero) is 1. The quantitative estimate of drug-likeness (QED) is 0.797. The first-order valence-corrected chi connectivity index (χ1v) is 7.63. The summed E-state index contributed by atoms with van der Waals surface area (Å²) in [5, 5.41) is 0. The molecule has 0 bridgehead atoms. The topological polar surface area (TPSA) is 50.3 Å². The monoisotopic (exact) mass is 302 g/mol. The van der Waals surface area contributed by atoms with Gasteiger partial charge in [0.1, 0.15) is 0 Å². The third-order valence-electron chi connectivity index (χ3n) is 3.20. The molecule has 5 heteroatoms. The maximum Gasteiger partial charge on any atom is 0.264 e. The van der Waals surface area contributed by atoms with Crippen molar-refractivity contribution in [2.45, 2.75) is 26.8 Å². The number of carbonyl (C=O) groups is 2. The predicted octanol–water partition coefficient (Wildman–Crippen LogP) is 3.18. The van der Waals surface area contributed by atoms with Crippen LogP contribution < -0.4 is 0 Å². The number of ketones is 1. The van der Waals surface area contributed by atoms with Gasteiger partial charge in [0, 0.05) is 13.2 Å². The van der Waals surface area contributed by atoms with E-state index in [4.69, 9.17) is 0 Å². The largest absolute Gasteiger partial charge is 0.335 e. The summed E-state index contributed by atoms with van der Waals surface area (Å²) in [5.41, 5.74) is 2.03. The van der Waals surface area contributed by atoms with E-state index in [9.17, 15) is 9.59 Å². The maximum atomic E-state index is 12.3. The van der Waals surface area contributed by atoms with Crippen molar-refractivity contribution in [2.24, 2.45) is 0 Å². The SMILES string of the molecule is CCc1ccc(CN(C)C(=O)c2ccc(C(C)=O)s2)nc1. The molecule has 0 fully saturated rings. The van der Waals surface area contributed by atoms with Crippen LogP contribution in [-0.2, 0) is 13.0 Å². The van der Waals surface area contributed by atoms with Crippen LogP contribution in [0.2, 0.25) is 0 Å². The summed E-state index contributed by atoms with van der Waals surface area (Å²) in [6.45, 7) is 4.04. The predicted molar refractivity (Wildman–Crippen MR) is 83.7 cm³/mol. The molecular weight excluding hydrogens is 284 g/mol. The van der Waals surface area contributed by atoms with Crippen LogP contribution in [0.3, 0.4) is 0 Å². The molecule has 4 nitrogen and oxygen atoms in total. The Labute approximate surface area is 128 Å². The van der Waals surface area contributed by atoms with Crippen molar-refractivity contribution in [3.8, 4) is 0 Å². The number of rotatable bonds is 5. The smallest absolute Gasteiger partial charge is 0.264 e. The Bertz CT molecular complexity index is 647. The molecule has 0 unspecified atom stereocenters. The van der Waals surface area contributed by atoms with Crippen LogP contribution >= 0.6 is 11.3 Å². The van der Waals surface area contributed by atoms with E-state index in [1.54, 1.807) is 24.1 Å². The molecule has 0 aliphatic heterocycles. The van der Waals surface area contributed by atoms with Gasteiger partial charge < -0.3 is 4.90 Å². The molecule has 21 heavy (non-hydrogen) atoms. The van der Waals surface area contributed by atoms with Gasteiger partial charge in [-0.25, -0.2) is 0 Å². The van der Waals surface area contributed by atoms with E-state index in [0.29, 0.717) is 16.3 Å². The van der Waals surface area contributed by atoms with Gasteiger partial charge in [-0.15, -0.1) is 11.3 Å². The normalized spacial score (nSPS) is 10.4. The van der Waals surface area contributed by atoms with Crippen LogP contribution in [0.25, 0.3) is 0 Å². The van der Waals surface area contributed by atoms with Crippen molar-refractivity contribution < 1.29 is 9.59 Å². The molecule has 1 amide bonds. The number of aromatic nitrogens is 1. The molecule has 0 aliphatic carbocycles. The first-order valence-electron chi connectivity index (χ1n) is 6.81. The highest BCUT2D eigenvalue weighted by atomic mass is 32.1. The van der Waals surface area contributed by atoms with Gasteiger partial charge in [-0.3, -0.25) is 14.6 Å². The minimum absolute atomic E-state index is 0.0153. The lowest BCUT2D eigenvalue weighted by Gasteiger charge is -2.15. The zero-order chi connectivity index (χ0) is 15.4. The van der Waals surface area contributed by atoms with Gasteiger partial charge in [-0.05, 0) is 37.1 Å². The van der Waals surface area contributed by atoms with E-state index in [1.807, 2.05) is 18.3 Å². The zero-order valence-electron chi connectivity index (χ0n) is 12.4. The van der Waals surface area contributed by atoms with Crippen LogP contribution in [0.1, 0.15) is 44.4 Å². The van der Waals surface area contributed by atoms with Crippen molar-refractivity contribution >= 4 is 23.0 Å². The van der Waals surface area contributed by atoms with Crippen molar-refractivity contribution in [3.05, 3.63) is 51.5 Å². The number of carbonyl (C=O) groups excluding carboxylic acids is 2. The number of aryl methyl sites for hydroxylation is 1. The number of nitrogens with zero attached hydrogens (tertiary/aromatic N) is 2. The number of thiophene rings is 1. The molecule has 110 valence electrons. The first-order chi connectivity index (χ1) is 10.0. The second-order valence-corrected chi connectivity index (χ2v) is 5.98. The fraction of sp³-hybridized carbons (Fsp3) is 0.312. The van der Waals surface area contributed by atoms with E-state index in [-0.39, 0.29) is 11.7 Å². The molecule has 2 rings (SSSR count). The molecular formula is C16H18N2O2S. The molecule has 2 aromatic heterocycles. The summed E-state index contributed by atoms with van der Waals surface area (Å²) >= 11 is 1.23. The van der Waals surface area contributed by atoms with Crippen molar-refractivity contribution in [3.63, 3.8) is 0 Å². The molecule has 0 spiro atoms. The van der Waals surface area contributed by atoms with Gasteiger partial charge in [-0.2, -0.15) is 0 Å². The van der Waals surface area contributed by atoms with E-state index < -0.39 is 0 Å². The summed E-state index contributed by atoms with van der Waals surface area (Å²) in [6, 6.07) is 7.37. The fourth-order valence-corrected chi connectivity index (χ4v) is 2.80. The van der Waals surface area contributed by atoms with Gasteiger partial charge in [0.25, 0.3) is 5.91 Å². The van der Waals surface area contributed by atoms with Crippen molar-refractivity contribution in [1.29, 1.82) is 0 Å². The average Bonchev–Trinajstić information content (AvgIpc) is 2.97. The van der Waals surface area contributed by atoms with E-state index in [0.717, 1.165) is 12.1 Å². The van der Waals surface area contributed by atoms with Gasteiger partial charge in [0.15, 0.2) is 5.78 Å². The van der Waals surface area contributed by atoms with Gasteiger partial charge in [0.05, 0.1) is 22.0 Å². The number of amides is 1. The lowest BCUT2D eigenvalue weighted by Crippen LogP contribution is -2.25. The number of hydrogen-bond acceptors (Lipinski definition) is 4. The standard InChI is InChI=1S/C16H18N2O2S/c1-4-12-5-6-13(17-9-12)10-18(3)16(20)15-8-7-14(21-15)11(2)19/h5-9H,4,10H2,1-3H3. The van der Waals surface area contributed by atoms with Gasteiger partial charge in [0.2, 0.25) is 0 Å². The molecule has 0 saturated heterocycles. The Morgan fingerprint density at radius 2 is 1.90 bits per heavy atom. The summed E-state index contributed by atoms with van der Waals surface area (Å²) in [5.74, 6) is -0.104. The third kappa shape index (κ3) is 3.76. The number of pyridine rings is 1. The van der Waals surface area contributed by atoms with Crippen LogP contribution in [0.4, 0.5) is 0 Å². The van der Waals surface area contributed by atoms with E-state index in [1.165, 1.54) is 23.8 Å². The number of hydrogen-bond donors (Lipinski definition) is 0. The third-order valence-corrected chi connectivity index (χ3v) is 4.38. The van der Waals surface area contributed by atoms with Crippen molar-refractivity contribution in [1.82, 2.24) is 9.88 Å². The molecule has 0 aliphatic rings. The van der Waals surface area contributed by atoms with Crippen LogP contribution in [0.5, 0.6) is 0 Å². The molecule has 0 radical (unpaired) electrons. The Hall–Kier alpha value is -2.01. The Morgan fingerprint density at radius 3 is 2.43 bits per heavy atom. The van der Waals surface area contributed by atoms with Gasteiger partial charge >= 0.3 is 0 Å². The minimum Gasteiger partial charge on any atom is -0.335 e. The highest BCUT2D eigenvalue weighted by Gasteiger charge is 2.16. The fourth-order valence-electron chi connectivity index (χ4n) is 1.90. The highest BCUT2D eigenvalue weighted by molar-refractivity contribution is 7.15. The van der Waals surface area contributed by atoms with Crippen LogP contribution in [-0.4, -0.2) is 28.6 Å².